The van der Waals surface area contributed by atoms with Crippen molar-refractivity contribution in [3.63, 3.8) is 0 Å². The lowest BCUT2D eigenvalue weighted by Gasteiger charge is -2.35. The molecule has 0 spiro atoms. The molecule has 1 aromatic carbocycles. The van der Waals surface area contributed by atoms with Gasteiger partial charge in [0.15, 0.2) is 0 Å². The van der Waals surface area contributed by atoms with Crippen LogP contribution in [0.25, 0.3) is 11.4 Å². The molecule has 0 aliphatic carbocycles. The number of hydrogen-bond donors (Lipinski definition) is 0. The lowest BCUT2D eigenvalue weighted by Crippen LogP contribution is -2.48. The Hall–Kier alpha value is -2.29. The molecule has 25 heavy (non-hydrogen) atoms. The van der Waals surface area contributed by atoms with Crippen LogP contribution in [0.4, 0.5) is 0 Å². The van der Waals surface area contributed by atoms with E-state index in [1.165, 1.54) is 16.4 Å². The molecule has 9 heteroatoms. The van der Waals surface area contributed by atoms with Gasteiger partial charge < -0.3 is 4.52 Å². The van der Waals surface area contributed by atoms with E-state index in [-0.39, 0.29) is 10.8 Å². The third-order valence-electron chi connectivity index (χ3n) is 4.03. The van der Waals surface area contributed by atoms with E-state index in [0.717, 1.165) is 5.56 Å². The monoisotopic (exact) mass is 376 g/mol. The summed E-state index contributed by atoms with van der Waals surface area (Å²) >= 11 is 5.81. The fraction of sp³-hybridized carbons (Fsp3) is 0.188. The lowest BCUT2D eigenvalue weighted by molar-refractivity contribution is 0.217. The van der Waals surface area contributed by atoms with E-state index in [1.54, 1.807) is 36.7 Å². The highest BCUT2D eigenvalue weighted by molar-refractivity contribution is 7.89. The van der Waals surface area contributed by atoms with Gasteiger partial charge in [0.05, 0.1) is 10.8 Å². The second-order valence-electron chi connectivity index (χ2n) is 5.66. The molecule has 1 aliphatic rings. The van der Waals surface area contributed by atoms with Crippen molar-refractivity contribution in [2.75, 3.05) is 13.1 Å². The Bertz CT molecular complexity index is 984. The largest absolute Gasteiger partial charge is 0.339 e. The first kappa shape index (κ1) is 16.2. The fourth-order valence-electron chi connectivity index (χ4n) is 2.57. The number of nitrogens with zero attached hydrogens (tertiary/aromatic N) is 4. The van der Waals surface area contributed by atoms with Crippen molar-refractivity contribution >= 4 is 21.6 Å². The maximum Gasteiger partial charge on any atom is 0.243 e. The molecule has 1 aliphatic heterocycles. The Kier molecular flexibility index (Phi) is 4.03. The summed E-state index contributed by atoms with van der Waals surface area (Å²) in [5.74, 6) is 0.802. The number of sulfonamides is 1. The molecule has 128 valence electrons. The molecule has 7 nitrogen and oxygen atoms in total. The quantitative estimate of drug-likeness (QED) is 0.695. The van der Waals surface area contributed by atoms with E-state index >= 15 is 0 Å². The smallest absolute Gasteiger partial charge is 0.243 e. The zero-order valence-corrected chi connectivity index (χ0v) is 14.5. The Labute approximate surface area is 149 Å². The van der Waals surface area contributed by atoms with Crippen LogP contribution < -0.4 is 0 Å². The van der Waals surface area contributed by atoms with Crippen LogP contribution >= 0.6 is 11.6 Å². The summed E-state index contributed by atoms with van der Waals surface area (Å²) in [6.45, 7) is 0.617. The van der Waals surface area contributed by atoms with Gasteiger partial charge in [-0.3, -0.25) is 4.98 Å². The minimum absolute atomic E-state index is 0.106. The summed E-state index contributed by atoms with van der Waals surface area (Å²) in [5, 5.41) is 4.44. The average molecular weight is 377 g/mol. The Morgan fingerprint density at radius 2 is 1.76 bits per heavy atom. The van der Waals surface area contributed by atoms with E-state index in [0.29, 0.717) is 29.8 Å². The summed E-state index contributed by atoms with van der Waals surface area (Å²) < 4.78 is 31.7. The van der Waals surface area contributed by atoms with Gasteiger partial charge in [-0.15, -0.1) is 0 Å². The summed E-state index contributed by atoms with van der Waals surface area (Å²) in [6, 6.07) is 9.69. The van der Waals surface area contributed by atoms with Gasteiger partial charge in [-0.2, -0.15) is 9.29 Å². The SMILES string of the molecule is O=S(=O)(c1ccc(Cl)cc1)N1CC(c2nc(-c3ccncc3)no2)C1. The number of halogens is 1. The zero-order valence-electron chi connectivity index (χ0n) is 12.9. The minimum Gasteiger partial charge on any atom is -0.339 e. The van der Waals surface area contributed by atoms with Crippen molar-refractivity contribution in [3.05, 3.63) is 59.7 Å². The average Bonchev–Trinajstić information content (AvgIpc) is 3.04. The fourth-order valence-corrected chi connectivity index (χ4v) is 4.22. The van der Waals surface area contributed by atoms with Crippen molar-refractivity contribution in [1.82, 2.24) is 19.4 Å². The lowest BCUT2D eigenvalue weighted by atomic mass is 10.0. The van der Waals surface area contributed by atoms with E-state index in [2.05, 4.69) is 15.1 Å². The van der Waals surface area contributed by atoms with Gasteiger partial charge in [-0.1, -0.05) is 16.8 Å². The molecule has 3 heterocycles. The zero-order chi connectivity index (χ0) is 17.4. The van der Waals surface area contributed by atoms with Crippen molar-refractivity contribution in [1.29, 1.82) is 0 Å². The van der Waals surface area contributed by atoms with Crippen LogP contribution in [-0.2, 0) is 10.0 Å². The molecular weight excluding hydrogens is 364 g/mol. The standard InChI is InChI=1S/C16H13ClN4O3S/c17-13-1-3-14(4-2-13)25(22,23)21-9-12(10-21)16-19-15(20-24-16)11-5-7-18-8-6-11/h1-8,12H,9-10H2. The predicted molar refractivity (Wildman–Crippen MR) is 90.5 cm³/mol. The number of benzene rings is 1. The highest BCUT2D eigenvalue weighted by Gasteiger charge is 2.40. The molecule has 1 saturated heterocycles. The molecule has 1 fully saturated rings. The predicted octanol–water partition coefficient (Wildman–Crippen LogP) is 2.57. The van der Waals surface area contributed by atoms with Crippen molar-refractivity contribution in [2.45, 2.75) is 10.8 Å². The molecule has 0 atom stereocenters. The molecular formula is C16H13ClN4O3S. The number of aromatic nitrogens is 3. The van der Waals surface area contributed by atoms with Crippen LogP contribution in [0.5, 0.6) is 0 Å². The molecule has 0 amide bonds. The van der Waals surface area contributed by atoms with Crippen LogP contribution in [-0.4, -0.2) is 40.9 Å². The molecule has 4 rings (SSSR count). The molecule has 3 aromatic rings. The summed E-state index contributed by atoms with van der Waals surface area (Å²) in [6.07, 6.45) is 3.30. The molecule has 0 unspecified atom stereocenters. The normalized spacial score (nSPS) is 15.9. The first-order chi connectivity index (χ1) is 12.0. The first-order valence-electron chi connectivity index (χ1n) is 7.54. The molecule has 0 bridgehead atoms. The Morgan fingerprint density at radius 3 is 2.44 bits per heavy atom. The van der Waals surface area contributed by atoms with Crippen LogP contribution in [0.2, 0.25) is 5.02 Å². The number of hydrogen-bond acceptors (Lipinski definition) is 6. The van der Waals surface area contributed by atoms with Crippen LogP contribution in [0.3, 0.4) is 0 Å². The maximum absolute atomic E-state index is 12.5. The summed E-state index contributed by atoms with van der Waals surface area (Å²) in [4.78, 5) is 8.52. The molecule has 2 aromatic heterocycles. The first-order valence-corrected chi connectivity index (χ1v) is 9.35. The van der Waals surface area contributed by atoms with Crippen molar-refractivity contribution in [3.8, 4) is 11.4 Å². The van der Waals surface area contributed by atoms with Gasteiger partial charge >= 0.3 is 0 Å². The third kappa shape index (κ3) is 3.04. The Morgan fingerprint density at radius 1 is 1.08 bits per heavy atom. The van der Waals surface area contributed by atoms with Gasteiger partial charge in [0.1, 0.15) is 0 Å². The highest BCUT2D eigenvalue weighted by atomic mass is 35.5. The van der Waals surface area contributed by atoms with Gasteiger partial charge in [0, 0.05) is 36.1 Å². The second-order valence-corrected chi connectivity index (χ2v) is 8.04. The van der Waals surface area contributed by atoms with Crippen molar-refractivity contribution < 1.29 is 12.9 Å². The third-order valence-corrected chi connectivity index (χ3v) is 6.13. The van der Waals surface area contributed by atoms with Crippen molar-refractivity contribution in [2.24, 2.45) is 0 Å². The molecule has 0 radical (unpaired) electrons. The van der Waals surface area contributed by atoms with Crippen LogP contribution in [0.15, 0.2) is 58.2 Å². The molecule has 0 N–H and O–H groups in total. The molecule has 0 saturated carbocycles. The summed E-state index contributed by atoms with van der Waals surface area (Å²) in [5.41, 5.74) is 0.801. The van der Waals surface area contributed by atoms with Gasteiger partial charge in [0.25, 0.3) is 0 Å². The number of pyridine rings is 1. The van der Waals surface area contributed by atoms with E-state index in [9.17, 15) is 8.42 Å². The summed E-state index contributed by atoms with van der Waals surface area (Å²) in [7, 11) is -3.53. The second kappa shape index (κ2) is 6.21. The number of rotatable bonds is 4. The van der Waals surface area contributed by atoms with Crippen LogP contribution in [0, 0.1) is 0 Å². The van der Waals surface area contributed by atoms with Crippen LogP contribution in [0.1, 0.15) is 11.8 Å². The van der Waals surface area contributed by atoms with Gasteiger partial charge in [-0.25, -0.2) is 8.42 Å². The Balaban J connectivity index is 1.47. The van der Waals surface area contributed by atoms with E-state index in [1.807, 2.05) is 0 Å². The maximum atomic E-state index is 12.5. The van der Waals surface area contributed by atoms with E-state index < -0.39 is 10.0 Å². The minimum atomic E-state index is -3.53. The van der Waals surface area contributed by atoms with Gasteiger partial charge in [-0.05, 0) is 36.4 Å². The van der Waals surface area contributed by atoms with Gasteiger partial charge in [0.2, 0.25) is 21.7 Å². The highest BCUT2D eigenvalue weighted by Crippen LogP contribution is 2.32. The van der Waals surface area contributed by atoms with E-state index in [4.69, 9.17) is 16.1 Å². The topological polar surface area (TPSA) is 89.2 Å².